The molecule has 0 spiro atoms. The molecule has 0 aromatic heterocycles. The predicted molar refractivity (Wildman–Crippen MR) is 118 cm³/mol. The van der Waals surface area contributed by atoms with Crippen LogP contribution in [0.15, 0.2) is 30.3 Å². The van der Waals surface area contributed by atoms with Gasteiger partial charge in [-0.05, 0) is 25.0 Å². The Morgan fingerprint density at radius 2 is 1.65 bits per heavy atom. The Balaban J connectivity index is 1.36. The van der Waals surface area contributed by atoms with Gasteiger partial charge < -0.3 is 25.2 Å². The zero-order chi connectivity index (χ0) is 22.1. The van der Waals surface area contributed by atoms with E-state index < -0.39 is 0 Å². The van der Waals surface area contributed by atoms with E-state index in [-0.39, 0.29) is 23.8 Å². The summed E-state index contributed by atoms with van der Waals surface area (Å²) in [7, 11) is 1.60. The molecule has 2 aliphatic heterocycles. The number of hydrogen-bond donors (Lipinski definition) is 2. The molecular formula is C22H33N5O4. The summed E-state index contributed by atoms with van der Waals surface area (Å²) in [6.07, 6.45) is 1.37. The number of anilines is 1. The number of nitrogens with zero attached hydrogens (tertiary/aromatic N) is 3. The van der Waals surface area contributed by atoms with Crippen LogP contribution in [-0.2, 0) is 14.3 Å². The third kappa shape index (κ3) is 6.93. The van der Waals surface area contributed by atoms with E-state index in [4.69, 9.17) is 4.74 Å². The van der Waals surface area contributed by atoms with Crippen LogP contribution in [0.3, 0.4) is 0 Å². The fourth-order valence-corrected chi connectivity index (χ4v) is 3.99. The van der Waals surface area contributed by atoms with Crippen molar-refractivity contribution in [1.29, 1.82) is 0 Å². The average molecular weight is 432 g/mol. The van der Waals surface area contributed by atoms with E-state index in [1.165, 1.54) is 0 Å². The van der Waals surface area contributed by atoms with E-state index in [0.29, 0.717) is 71.8 Å². The van der Waals surface area contributed by atoms with Crippen molar-refractivity contribution in [2.45, 2.75) is 12.8 Å². The van der Waals surface area contributed by atoms with Gasteiger partial charge in [0.2, 0.25) is 11.8 Å². The second-order valence-corrected chi connectivity index (χ2v) is 8.00. The molecule has 2 heterocycles. The maximum atomic E-state index is 12.9. The topological polar surface area (TPSA) is 94.2 Å². The number of piperidine rings is 1. The molecule has 1 aromatic rings. The number of amides is 4. The SMILES string of the molecule is COCCNC(=O)CN1CCN(C(=O)C2CCN(C(=O)Nc3ccccc3)CC2)CC1. The van der Waals surface area contributed by atoms with Crippen molar-refractivity contribution < 1.29 is 19.1 Å². The number of carbonyl (C=O) groups is 3. The molecule has 31 heavy (non-hydrogen) atoms. The minimum Gasteiger partial charge on any atom is -0.383 e. The van der Waals surface area contributed by atoms with Crippen LogP contribution in [0.5, 0.6) is 0 Å². The van der Waals surface area contributed by atoms with Crippen LogP contribution in [0.1, 0.15) is 12.8 Å². The fourth-order valence-electron chi connectivity index (χ4n) is 3.99. The van der Waals surface area contributed by atoms with Crippen LogP contribution in [0.2, 0.25) is 0 Å². The number of hydrogen-bond acceptors (Lipinski definition) is 5. The first kappa shape index (κ1) is 23.0. The maximum Gasteiger partial charge on any atom is 0.321 e. The van der Waals surface area contributed by atoms with E-state index in [2.05, 4.69) is 15.5 Å². The normalized spacial score (nSPS) is 18.0. The van der Waals surface area contributed by atoms with Crippen molar-refractivity contribution in [3.05, 3.63) is 30.3 Å². The lowest BCUT2D eigenvalue weighted by Crippen LogP contribution is -2.53. The van der Waals surface area contributed by atoms with Crippen molar-refractivity contribution in [2.75, 3.05) is 71.4 Å². The lowest BCUT2D eigenvalue weighted by Gasteiger charge is -2.38. The minimum absolute atomic E-state index is 0.0158. The van der Waals surface area contributed by atoms with Crippen LogP contribution in [0.25, 0.3) is 0 Å². The van der Waals surface area contributed by atoms with Gasteiger partial charge in [0.25, 0.3) is 0 Å². The highest BCUT2D eigenvalue weighted by Gasteiger charge is 2.32. The monoisotopic (exact) mass is 431 g/mol. The molecule has 9 heteroatoms. The van der Waals surface area contributed by atoms with Crippen molar-refractivity contribution in [2.24, 2.45) is 5.92 Å². The van der Waals surface area contributed by atoms with Gasteiger partial charge in [0.15, 0.2) is 0 Å². The van der Waals surface area contributed by atoms with E-state index in [1.54, 1.807) is 12.0 Å². The van der Waals surface area contributed by atoms with Crippen LogP contribution in [0.4, 0.5) is 10.5 Å². The van der Waals surface area contributed by atoms with Gasteiger partial charge >= 0.3 is 6.03 Å². The molecule has 0 saturated carbocycles. The van der Waals surface area contributed by atoms with E-state index in [0.717, 1.165) is 5.69 Å². The van der Waals surface area contributed by atoms with Gasteiger partial charge in [-0.3, -0.25) is 14.5 Å². The number of carbonyl (C=O) groups excluding carboxylic acids is 3. The largest absolute Gasteiger partial charge is 0.383 e. The van der Waals surface area contributed by atoms with Gasteiger partial charge in [-0.1, -0.05) is 18.2 Å². The second-order valence-electron chi connectivity index (χ2n) is 8.00. The van der Waals surface area contributed by atoms with Crippen molar-refractivity contribution in [3.63, 3.8) is 0 Å². The summed E-state index contributed by atoms with van der Waals surface area (Å²) in [5.41, 5.74) is 0.774. The molecule has 2 aliphatic rings. The molecule has 0 unspecified atom stereocenters. The van der Waals surface area contributed by atoms with E-state index in [1.807, 2.05) is 35.2 Å². The third-order valence-corrected chi connectivity index (χ3v) is 5.84. The number of urea groups is 1. The number of benzene rings is 1. The second kappa shape index (κ2) is 11.7. The van der Waals surface area contributed by atoms with Crippen molar-refractivity contribution in [3.8, 4) is 0 Å². The summed E-state index contributed by atoms with van der Waals surface area (Å²) in [6, 6.07) is 9.27. The van der Waals surface area contributed by atoms with Gasteiger partial charge in [-0.15, -0.1) is 0 Å². The Kier molecular flexibility index (Phi) is 8.66. The smallest absolute Gasteiger partial charge is 0.321 e. The summed E-state index contributed by atoms with van der Waals surface area (Å²) < 4.78 is 4.93. The molecule has 2 N–H and O–H groups in total. The molecule has 1 aromatic carbocycles. The van der Waals surface area contributed by atoms with Crippen molar-refractivity contribution in [1.82, 2.24) is 20.0 Å². The minimum atomic E-state index is -0.116. The molecule has 4 amide bonds. The first-order valence-electron chi connectivity index (χ1n) is 10.9. The highest BCUT2D eigenvalue weighted by Crippen LogP contribution is 2.21. The summed E-state index contributed by atoms with van der Waals surface area (Å²) in [6.45, 7) is 5.19. The van der Waals surface area contributed by atoms with Crippen LogP contribution < -0.4 is 10.6 Å². The lowest BCUT2D eigenvalue weighted by molar-refractivity contribution is -0.138. The van der Waals surface area contributed by atoms with Crippen molar-refractivity contribution >= 4 is 23.5 Å². The molecule has 0 bridgehead atoms. The lowest BCUT2D eigenvalue weighted by atomic mass is 9.95. The quantitative estimate of drug-likeness (QED) is 0.624. The Hall–Kier alpha value is -2.65. The Morgan fingerprint density at radius 3 is 2.29 bits per heavy atom. The highest BCUT2D eigenvalue weighted by atomic mass is 16.5. The fraction of sp³-hybridized carbons (Fsp3) is 0.591. The number of piperazine rings is 1. The molecule has 2 fully saturated rings. The van der Waals surface area contributed by atoms with Crippen LogP contribution >= 0.6 is 0 Å². The molecule has 0 radical (unpaired) electrons. The van der Waals surface area contributed by atoms with Gasteiger partial charge in [-0.2, -0.15) is 0 Å². The first-order chi connectivity index (χ1) is 15.1. The number of rotatable bonds is 7. The summed E-state index contributed by atoms with van der Waals surface area (Å²) in [4.78, 5) is 43.0. The maximum absolute atomic E-state index is 12.9. The van der Waals surface area contributed by atoms with Crippen LogP contribution in [0, 0.1) is 5.92 Å². The number of methoxy groups -OCH3 is 1. The van der Waals surface area contributed by atoms with E-state index in [9.17, 15) is 14.4 Å². The third-order valence-electron chi connectivity index (χ3n) is 5.84. The highest BCUT2D eigenvalue weighted by molar-refractivity contribution is 5.89. The number of nitrogens with one attached hydrogen (secondary N) is 2. The Morgan fingerprint density at radius 1 is 0.968 bits per heavy atom. The number of likely N-dealkylation sites (tertiary alicyclic amines) is 1. The average Bonchev–Trinajstić information content (AvgIpc) is 2.80. The molecule has 9 nitrogen and oxygen atoms in total. The standard InChI is InChI=1S/C22H33N5O4/c1-31-16-9-23-20(28)17-25-12-14-26(15-13-25)21(29)18-7-10-27(11-8-18)22(30)24-19-5-3-2-4-6-19/h2-6,18H,7-17H2,1H3,(H,23,28)(H,24,30). The zero-order valence-electron chi connectivity index (χ0n) is 18.2. The molecule has 2 saturated heterocycles. The van der Waals surface area contributed by atoms with Gasteiger partial charge in [-0.25, -0.2) is 4.79 Å². The number of para-hydroxylation sites is 1. The summed E-state index contributed by atoms with van der Waals surface area (Å²) in [5, 5.41) is 5.72. The van der Waals surface area contributed by atoms with Gasteiger partial charge in [0.1, 0.15) is 0 Å². The van der Waals surface area contributed by atoms with Gasteiger partial charge in [0.05, 0.1) is 13.2 Å². The summed E-state index contributed by atoms with van der Waals surface area (Å²) >= 11 is 0. The molecule has 0 aliphatic carbocycles. The molecule has 0 atom stereocenters. The Bertz CT molecular complexity index is 729. The summed E-state index contributed by atoms with van der Waals surface area (Å²) in [5.74, 6) is 0.120. The van der Waals surface area contributed by atoms with E-state index >= 15 is 0 Å². The Labute approximate surface area is 183 Å². The molecular weight excluding hydrogens is 398 g/mol. The van der Waals surface area contributed by atoms with Gasteiger partial charge in [0, 0.05) is 64.5 Å². The van der Waals surface area contributed by atoms with Crippen LogP contribution in [-0.4, -0.2) is 98.6 Å². The molecule has 3 rings (SSSR count). The molecule has 170 valence electrons. The number of ether oxygens (including phenoxy) is 1. The predicted octanol–water partition coefficient (Wildman–Crippen LogP) is 0.837. The first-order valence-corrected chi connectivity index (χ1v) is 10.9. The zero-order valence-corrected chi connectivity index (χ0v) is 18.2.